The molecule has 0 radical (unpaired) electrons. The Labute approximate surface area is 118 Å². The van der Waals surface area contributed by atoms with Gasteiger partial charge in [-0.3, -0.25) is 0 Å². The zero-order chi connectivity index (χ0) is 15.9. The molecule has 0 fully saturated rings. The van der Waals surface area contributed by atoms with E-state index < -0.39 is 40.2 Å². The number of ether oxygens (including phenoxy) is 1. The molecule has 21 heavy (non-hydrogen) atoms. The van der Waals surface area contributed by atoms with Gasteiger partial charge >= 0.3 is 0 Å². The number of hydrogen-bond acceptors (Lipinski definition) is 1. The summed E-state index contributed by atoms with van der Waals surface area (Å²) in [6.07, 6.45) is 0. The highest BCUT2D eigenvalue weighted by Gasteiger charge is 2.26. The molecule has 0 unspecified atom stereocenters. The largest absolute Gasteiger partial charge is 0.494 e. The van der Waals surface area contributed by atoms with E-state index in [-0.39, 0.29) is 16.8 Å². The van der Waals surface area contributed by atoms with Crippen LogP contribution < -0.4 is 10.2 Å². The van der Waals surface area contributed by atoms with Gasteiger partial charge in [-0.15, -0.1) is 0 Å². The van der Waals surface area contributed by atoms with Gasteiger partial charge in [0.1, 0.15) is 25.2 Å². The Morgan fingerprint density at radius 2 is 1.38 bits per heavy atom. The van der Waals surface area contributed by atoms with Crippen molar-refractivity contribution in [3.63, 3.8) is 0 Å². The van der Waals surface area contributed by atoms with Crippen LogP contribution in [-0.2, 0) is 0 Å². The van der Waals surface area contributed by atoms with Crippen molar-refractivity contribution in [1.82, 2.24) is 0 Å². The average Bonchev–Trinajstić information content (AvgIpc) is 2.40. The van der Waals surface area contributed by atoms with Crippen LogP contribution in [-0.4, -0.2) is 15.0 Å². The first-order valence-corrected chi connectivity index (χ1v) is 5.96. The van der Waals surface area contributed by atoms with Crippen LogP contribution in [0.2, 0.25) is 0 Å². The normalized spacial score (nSPS) is 10.8. The van der Waals surface area contributed by atoms with Crippen LogP contribution in [0.1, 0.15) is 5.56 Å². The molecule has 0 saturated heterocycles. The third kappa shape index (κ3) is 2.37. The molecule has 0 aliphatic carbocycles. The van der Waals surface area contributed by atoms with Crippen LogP contribution in [0, 0.1) is 36.0 Å². The zero-order valence-corrected chi connectivity index (χ0v) is 11.5. The van der Waals surface area contributed by atoms with Crippen molar-refractivity contribution in [1.29, 1.82) is 0 Å². The zero-order valence-electron chi connectivity index (χ0n) is 11.5. The van der Waals surface area contributed by atoms with Crippen LogP contribution in [0.4, 0.5) is 22.0 Å². The SMILES string of the molecule is Bc1cc(F)c(-c2c(F)cc(C)c(F)c2F)c(F)c1OC. The van der Waals surface area contributed by atoms with Gasteiger partial charge in [-0.1, -0.05) is 0 Å². The molecule has 0 bridgehead atoms. The van der Waals surface area contributed by atoms with E-state index in [4.69, 9.17) is 4.74 Å². The maximum Gasteiger partial charge on any atom is 0.175 e. The van der Waals surface area contributed by atoms with Gasteiger partial charge in [0.2, 0.25) is 0 Å². The number of methoxy groups -OCH3 is 1. The second kappa shape index (κ2) is 5.39. The quantitative estimate of drug-likeness (QED) is 0.471. The molecule has 0 amide bonds. The standard InChI is InChI=1S/C14H10BF5O/c1-5-3-7(16)9(12(19)11(5)18)10-8(17)4-6(15)14(21-2)13(10)20/h3-4H,15H2,1-2H3. The van der Waals surface area contributed by atoms with Gasteiger partial charge in [-0.2, -0.15) is 0 Å². The number of halogens is 5. The van der Waals surface area contributed by atoms with E-state index in [2.05, 4.69) is 0 Å². The summed E-state index contributed by atoms with van der Waals surface area (Å²) in [6.45, 7) is 1.15. The highest BCUT2D eigenvalue weighted by molar-refractivity contribution is 6.34. The lowest BCUT2D eigenvalue weighted by atomic mass is 9.90. The predicted molar refractivity (Wildman–Crippen MR) is 71.1 cm³/mol. The van der Waals surface area contributed by atoms with Crippen LogP contribution in [0.5, 0.6) is 5.75 Å². The van der Waals surface area contributed by atoms with Gasteiger partial charge in [0.15, 0.2) is 17.5 Å². The third-order valence-electron chi connectivity index (χ3n) is 3.15. The number of aryl methyl sites for hydroxylation is 1. The van der Waals surface area contributed by atoms with Crippen LogP contribution in [0.3, 0.4) is 0 Å². The van der Waals surface area contributed by atoms with E-state index in [1.165, 1.54) is 7.85 Å². The molecule has 0 heterocycles. The second-order valence-corrected chi connectivity index (χ2v) is 4.58. The van der Waals surface area contributed by atoms with Gasteiger partial charge in [-0.25, -0.2) is 22.0 Å². The molecule has 2 aromatic carbocycles. The average molecular weight is 300 g/mol. The Hall–Kier alpha value is -2.05. The van der Waals surface area contributed by atoms with E-state index in [1.54, 1.807) is 0 Å². The Morgan fingerprint density at radius 1 is 0.857 bits per heavy atom. The maximum absolute atomic E-state index is 14.3. The predicted octanol–water partition coefficient (Wildman–Crippen LogP) is 2.62. The molecule has 2 rings (SSSR count). The van der Waals surface area contributed by atoms with Gasteiger partial charge in [0, 0.05) is 0 Å². The van der Waals surface area contributed by atoms with Crippen molar-refractivity contribution in [2.24, 2.45) is 0 Å². The Balaban J connectivity index is 2.89. The summed E-state index contributed by atoms with van der Waals surface area (Å²) in [4.78, 5) is 0. The van der Waals surface area contributed by atoms with Crippen LogP contribution >= 0.6 is 0 Å². The van der Waals surface area contributed by atoms with Crippen LogP contribution in [0.15, 0.2) is 12.1 Å². The van der Waals surface area contributed by atoms with E-state index in [1.807, 2.05) is 0 Å². The van der Waals surface area contributed by atoms with Gasteiger partial charge in [0.05, 0.1) is 18.2 Å². The molecule has 0 aliphatic rings. The molecule has 0 aromatic heterocycles. The monoisotopic (exact) mass is 300 g/mol. The number of benzene rings is 2. The Morgan fingerprint density at radius 3 is 1.95 bits per heavy atom. The van der Waals surface area contributed by atoms with E-state index >= 15 is 0 Å². The second-order valence-electron chi connectivity index (χ2n) is 4.58. The van der Waals surface area contributed by atoms with Crippen molar-refractivity contribution >= 4 is 13.3 Å². The molecular weight excluding hydrogens is 290 g/mol. The molecule has 0 aliphatic heterocycles. The molecule has 0 saturated carbocycles. The minimum absolute atomic E-state index is 0.115. The summed E-state index contributed by atoms with van der Waals surface area (Å²) in [5.41, 5.74) is -2.27. The first kappa shape index (κ1) is 15.3. The molecule has 110 valence electrons. The fourth-order valence-corrected chi connectivity index (χ4v) is 2.14. The molecule has 2 aromatic rings. The lowest BCUT2D eigenvalue weighted by molar-refractivity contribution is 0.388. The minimum Gasteiger partial charge on any atom is -0.494 e. The fraction of sp³-hybridized carbons (Fsp3) is 0.143. The molecule has 1 nitrogen and oxygen atoms in total. The van der Waals surface area contributed by atoms with Crippen molar-refractivity contribution in [2.75, 3.05) is 7.11 Å². The first-order chi connectivity index (χ1) is 9.79. The van der Waals surface area contributed by atoms with Crippen LogP contribution in [0.25, 0.3) is 11.1 Å². The summed E-state index contributed by atoms with van der Waals surface area (Å²) in [5, 5.41) is 0. The molecular formula is C14H10BF5O. The fourth-order valence-electron chi connectivity index (χ4n) is 2.14. The highest BCUT2D eigenvalue weighted by atomic mass is 19.2. The molecule has 7 heteroatoms. The molecule has 0 N–H and O–H groups in total. The first-order valence-electron chi connectivity index (χ1n) is 5.96. The summed E-state index contributed by atoms with van der Waals surface area (Å²) < 4.78 is 74.3. The summed E-state index contributed by atoms with van der Waals surface area (Å²) in [5.74, 6) is -7.09. The maximum atomic E-state index is 14.3. The lowest BCUT2D eigenvalue weighted by Gasteiger charge is -2.14. The number of rotatable bonds is 2. The van der Waals surface area contributed by atoms with Gasteiger partial charge in [0.25, 0.3) is 0 Å². The summed E-state index contributed by atoms with van der Waals surface area (Å²) in [6, 6.07) is 1.55. The smallest absolute Gasteiger partial charge is 0.175 e. The Kier molecular flexibility index (Phi) is 3.94. The van der Waals surface area contributed by atoms with Crippen molar-refractivity contribution in [3.05, 3.63) is 46.8 Å². The minimum atomic E-state index is -1.64. The summed E-state index contributed by atoms with van der Waals surface area (Å²) >= 11 is 0. The van der Waals surface area contributed by atoms with E-state index in [9.17, 15) is 22.0 Å². The van der Waals surface area contributed by atoms with E-state index in [0.29, 0.717) is 6.07 Å². The topological polar surface area (TPSA) is 9.23 Å². The van der Waals surface area contributed by atoms with E-state index in [0.717, 1.165) is 20.1 Å². The van der Waals surface area contributed by atoms with Crippen molar-refractivity contribution in [2.45, 2.75) is 6.92 Å². The van der Waals surface area contributed by atoms with Crippen molar-refractivity contribution in [3.8, 4) is 16.9 Å². The van der Waals surface area contributed by atoms with Gasteiger partial charge < -0.3 is 4.74 Å². The third-order valence-corrected chi connectivity index (χ3v) is 3.15. The lowest BCUT2D eigenvalue weighted by Crippen LogP contribution is -2.13. The molecule has 0 atom stereocenters. The number of hydrogen-bond donors (Lipinski definition) is 0. The highest BCUT2D eigenvalue weighted by Crippen LogP contribution is 2.35. The Bertz CT molecular complexity index is 730. The van der Waals surface area contributed by atoms with Gasteiger partial charge in [-0.05, 0) is 30.1 Å². The van der Waals surface area contributed by atoms with Crippen molar-refractivity contribution < 1.29 is 26.7 Å². The summed E-state index contributed by atoms with van der Waals surface area (Å²) in [7, 11) is 2.51. The molecule has 0 spiro atoms.